The molecule has 1 aromatic rings. The summed E-state index contributed by atoms with van der Waals surface area (Å²) < 4.78 is 38.3. The van der Waals surface area contributed by atoms with Crippen LogP contribution < -0.4 is 5.32 Å². The van der Waals surface area contributed by atoms with Crippen LogP contribution in [0.4, 0.5) is 13.2 Å². The zero-order chi connectivity index (χ0) is 12.9. The summed E-state index contributed by atoms with van der Waals surface area (Å²) in [5.41, 5.74) is 0.929. The molecule has 1 atom stereocenters. The molecule has 0 aliphatic rings. The Morgan fingerprint density at radius 3 is 2.76 bits per heavy atom. The lowest BCUT2D eigenvalue weighted by Crippen LogP contribution is -2.33. The van der Waals surface area contributed by atoms with Gasteiger partial charge in [-0.25, -0.2) is 0 Å². The first-order chi connectivity index (χ1) is 7.95. The minimum Gasteiger partial charge on any atom is -0.315 e. The second kappa shape index (κ2) is 5.68. The SMILES string of the molecule is Cn1nccc1CCNCC(C#N)C(F)(F)F. The zero-order valence-electron chi connectivity index (χ0n) is 9.33. The van der Waals surface area contributed by atoms with Crippen molar-refractivity contribution in [2.45, 2.75) is 12.6 Å². The number of hydrogen-bond donors (Lipinski definition) is 1. The molecule has 0 radical (unpaired) electrons. The van der Waals surface area contributed by atoms with Crippen LogP contribution in [0.3, 0.4) is 0 Å². The normalized spacial score (nSPS) is 13.4. The van der Waals surface area contributed by atoms with Gasteiger partial charge in [0.15, 0.2) is 5.92 Å². The summed E-state index contributed by atoms with van der Waals surface area (Å²) in [7, 11) is 1.77. The van der Waals surface area contributed by atoms with E-state index in [-0.39, 0.29) is 6.54 Å². The van der Waals surface area contributed by atoms with Crippen LogP contribution in [0.1, 0.15) is 5.69 Å². The molecule has 0 spiro atoms. The molecular formula is C10H13F3N4. The van der Waals surface area contributed by atoms with Crippen molar-refractivity contribution in [3.05, 3.63) is 18.0 Å². The first-order valence-electron chi connectivity index (χ1n) is 5.09. The highest BCUT2D eigenvalue weighted by Crippen LogP contribution is 2.24. The molecule has 7 heteroatoms. The van der Waals surface area contributed by atoms with Gasteiger partial charge in [-0.05, 0) is 6.07 Å². The highest BCUT2D eigenvalue weighted by Gasteiger charge is 2.39. The van der Waals surface area contributed by atoms with Crippen molar-refractivity contribution in [3.8, 4) is 6.07 Å². The van der Waals surface area contributed by atoms with Gasteiger partial charge in [0, 0.05) is 38.4 Å². The fourth-order valence-electron chi connectivity index (χ4n) is 1.34. The second-order valence-electron chi connectivity index (χ2n) is 3.62. The first kappa shape index (κ1) is 13.5. The zero-order valence-corrected chi connectivity index (χ0v) is 9.33. The third-order valence-corrected chi connectivity index (χ3v) is 2.38. The van der Waals surface area contributed by atoms with Crippen molar-refractivity contribution < 1.29 is 13.2 Å². The molecule has 0 saturated carbocycles. The molecule has 94 valence electrons. The summed E-state index contributed by atoms with van der Waals surface area (Å²) in [6.07, 6.45) is -2.26. The maximum Gasteiger partial charge on any atom is 0.405 e. The predicted octanol–water partition coefficient (Wildman–Crippen LogP) is 1.25. The summed E-state index contributed by atoms with van der Waals surface area (Å²) in [5, 5.41) is 14.9. The third kappa shape index (κ3) is 4.07. The molecule has 1 unspecified atom stereocenters. The van der Waals surface area contributed by atoms with Crippen molar-refractivity contribution in [1.29, 1.82) is 5.26 Å². The second-order valence-corrected chi connectivity index (χ2v) is 3.62. The van der Waals surface area contributed by atoms with Gasteiger partial charge < -0.3 is 5.32 Å². The Morgan fingerprint density at radius 1 is 1.59 bits per heavy atom. The van der Waals surface area contributed by atoms with Crippen molar-refractivity contribution in [3.63, 3.8) is 0 Å². The molecule has 1 N–H and O–H groups in total. The van der Waals surface area contributed by atoms with Gasteiger partial charge in [-0.1, -0.05) is 0 Å². The van der Waals surface area contributed by atoms with E-state index in [0.717, 1.165) is 5.69 Å². The molecule has 0 bridgehead atoms. The van der Waals surface area contributed by atoms with E-state index in [9.17, 15) is 13.2 Å². The minimum atomic E-state index is -4.46. The van der Waals surface area contributed by atoms with Crippen LogP contribution >= 0.6 is 0 Å². The Morgan fingerprint density at radius 2 is 2.29 bits per heavy atom. The maximum absolute atomic E-state index is 12.2. The Labute approximate surface area is 97.0 Å². The van der Waals surface area contributed by atoms with Crippen molar-refractivity contribution in [1.82, 2.24) is 15.1 Å². The van der Waals surface area contributed by atoms with Gasteiger partial charge in [-0.15, -0.1) is 0 Å². The van der Waals surface area contributed by atoms with Gasteiger partial charge in [-0.3, -0.25) is 4.68 Å². The van der Waals surface area contributed by atoms with Crippen LogP contribution in [-0.2, 0) is 13.5 Å². The predicted molar refractivity (Wildman–Crippen MR) is 54.9 cm³/mol. The Kier molecular flexibility index (Phi) is 4.52. The average Bonchev–Trinajstić information content (AvgIpc) is 2.62. The van der Waals surface area contributed by atoms with Gasteiger partial charge in [0.05, 0.1) is 6.07 Å². The van der Waals surface area contributed by atoms with E-state index < -0.39 is 12.1 Å². The van der Waals surface area contributed by atoms with E-state index in [1.807, 2.05) is 0 Å². The minimum absolute atomic E-state index is 0.377. The molecule has 1 aromatic heterocycles. The highest BCUT2D eigenvalue weighted by atomic mass is 19.4. The van der Waals surface area contributed by atoms with E-state index in [1.54, 1.807) is 24.0 Å². The molecule has 1 heterocycles. The van der Waals surface area contributed by atoms with Crippen LogP contribution in [0.2, 0.25) is 0 Å². The smallest absolute Gasteiger partial charge is 0.315 e. The van der Waals surface area contributed by atoms with E-state index in [0.29, 0.717) is 13.0 Å². The van der Waals surface area contributed by atoms with E-state index >= 15 is 0 Å². The van der Waals surface area contributed by atoms with Crippen molar-refractivity contribution in [2.24, 2.45) is 13.0 Å². The van der Waals surface area contributed by atoms with Crippen molar-refractivity contribution >= 4 is 0 Å². The van der Waals surface area contributed by atoms with E-state index in [1.165, 1.54) is 6.07 Å². The molecule has 1 rings (SSSR count). The summed E-state index contributed by atoms with van der Waals surface area (Å²) in [6.45, 7) is 0.00560. The number of nitrogens with zero attached hydrogens (tertiary/aromatic N) is 3. The van der Waals surface area contributed by atoms with Crippen LogP contribution in [0, 0.1) is 17.2 Å². The molecule has 0 saturated heterocycles. The number of aromatic nitrogens is 2. The van der Waals surface area contributed by atoms with Gasteiger partial charge in [0.1, 0.15) is 0 Å². The monoisotopic (exact) mass is 246 g/mol. The molecule has 0 aromatic carbocycles. The molecule has 4 nitrogen and oxygen atoms in total. The molecule has 0 aliphatic heterocycles. The molecule has 0 fully saturated rings. The van der Waals surface area contributed by atoms with Gasteiger partial charge in [0.2, 0.25) is 0 Å². The first-order valence-corrected chi connectivity index (χ1v) is 5.09. The van der Waals surface area contributed by atoms with Gasteiger partial charge >= 0.3 is 6.18 Å². The fraction of sp³-hybridized carbons (Fsp3) is 0.600. The topological polar surface area (TPSA) is 53.6 Å². The van der Waals surface area contributed by atoms with E-state index in [4.69, 9.17) is 5.26 Å². The Hall–Kier alpha value is -1.55. The number of nitriles is 1. The maximum atomic E-state index is 12.2. The number of halogens is 3. The lowest BCUT2D eigenvalue weighted by molar-refractivity contribution is -0.157. The highest BCUT2D eigenvalue weighted by molar-refractivity contribution is 5.00. The molecular weight excluding hydrogens is 233 g/mol. The third-order valence-electron chi connectivity index (χ3n) is 2.38. The summed E-state index contributed by atoms with van der Waals surface area (Å²) in [4.78, 5) is 0. The van der Waals surface area contributed by atoms with Crippen molar-refractivity contribution in [2.75, 3.05) is 13.1 Å². The lowest BCUT2D eigenvalue weighted by Gasteiger charge is -2.13. The number of aryl methyl sites for hydroxylation is 1. The lowest BCUT2D eigenvalue weighted by atomic mass is 10.1. The van der Waals surface area contributed by atoms with Crippen LogP contribution in [-0.4, -0.2) is 29.0 Å². The van der Waals surface area contributed by atoms with Crippen LogP contribution in [0.5, 0.6) is 0 Å². The summed E-state index contributed by atoms with van der Waals surface area (Å²) in [5.74, 6) is -1.95. The van der Waals surface area contributed by atoms with Gasteiger partial charge in [-0.2, -0.15) is 23.5 Å². The Balaban J connectivity index is 2.29. The number of rotatable bonds is 5. The average molecular weight is 246 g/mol. The molecule has 17 heavy (non-hydrogen) atoms. The number of alkyl halides is 3. The Bertz CT molecular complexity index is 391. The number of nitrogens with one attached hydrogen (secondary N) is 1. The summed E-state index contributed by atoms with van der Waals surface area (Å²) in [6, 6.07) is 3.04. The van der Waals surface area contributed by atoms with E-state index in [2.05, 4.69) is 10.4 Å². The standard InChI is InChI=1S/C10H13F3N4/c1-17-9(3-5-16-17)2-4-15-7-8(6-14)10(11,12)13/h3,5,8,15H,2,4,7H2,1H3. The molecule has 0 aliphatic carbocycles. The largest absolute Gasteiger partial charge is 0.405 e. The fourth-order valence-corrected chi connectivity index (χ4v) is 1.34. The number of hydrogen-bond acceptors (Lipinski definition) is 3. The van der Waals surface area contributed by atoms with Crippen LogP contribution in [0.15, 0.2) is 12.3 Å². The molecule has 0 amide bonds. The quantitative estimate of drug-likeness (QED) is 0.796. The summed E-state index contributed by atoms with van der Waals surface area (Å²) >= 11 is 0. The van der Waals surface area contributed by atoms with Gasteiger partial charge in [0.25, 0.3) is 0 Å². The van der Waals surface area contributed by atoms with Crippen LogP contribution in [0.25, 0.3) is 0 Å².